The standard InChI is InChI=1S/C16H21N3.ClH/c1-2-5-13-12-16(19-10-8-17-9-11-19)14-6-3-4-7-15(14)18-13;/h3-4,6-7,12,17H,2,5,8-11H2,1H3;1H. The Bertz CT molecular complexity index is 565. The van der Waals surface area contributed by atoms with Gasteiger partial charge in [0.05, 0.1) is 5.52 Å². The third kappa shape index (κ3) is 3.05. The number of halogens is 1. The molecule has 1 N–H and O–H groups in total. The highest BCUT2D eigenvalue weighted by Crippen LogP contribution is 2.27. The van der Waals surface area contributed by atoms with Gasteiger partial charge in [0, 0.05) is 42.9 Å². The van der Waals surface area contributed by atoms with Crippen molar-refractivity contribution in [2.45, 2.75) is 19.8 Å². The van der Waals surface area contributed by atoms with Crippen LogP contribution >= 0.6 is 12.4 Å². The summed E-state index contributed by atoms with van der Waals surface area (Å²) in [5, 5.41) is 4.70. The number of aromatic nitrogens is 1. The number of benzene rings is 1. The van der Waals surface area contributed by atoms with Crippen molar-refractivity contribution in [2.24, 2.45) is 0 Å². The third-order valence-corrected chi connectivity index (χ3v) is 3.71. The maximum Gasteiger partial charge on any atom is 0.0726 e. The Labute approximate surface area is 126 Å². The largest absolute Gasteiger partial charge is 0.368 e. The summed E-state index contributed by atoms with van der Waals surface area (Å²) in [6, 6.07) is 10.8. The first kappa shape index (κ1) is 15.1. The fourth-order valence-corrected chi connectivity index (χ4v) is 2.76. The normalized spacial score (nSPS) is 15.2. The SMILES string of the molecule is CCCc1cc(N2CCNCC2)c2ccccc2n1.Cl. The molecule has 1 aliphatic rings. The second kappa shape index (κ2) is 6.91. The van der Waals surface area contributed by atoms with Gasteiger partial charge in [-0.1, -0.05) is 31.5 Å². The van der Waals surface area contributed by atoms with Crippen LogP contribution in [0, 0.1) is 0 Å². The fourth-order valence-electron chi connectivity index (χ4n) is 2.76. The summed E-state index contributed by atoms with van der Waals surface area (Å²) in [6.45, 7) is 6.51. The number of piperazine rings is 1. The Balaban J connectivity index is 0.00000147. The third-order valence-electron chi connectivity index (χ3n) is 3.71. The average molecular weight is 292 g/mol. The second-order valence-corrected chi connectivity index (χ2v) is 5.14. The number of para-hydroxylation sites is 1. The first-order valence-corrected chi connectivity index (χ1v) is 7.23. The number of nitrogens with one attached hydrogen (secondary N) is 1. The van der Waals surface area contributed by atoms with E-state index in [0.717, 1.165) is 44.5 Å². The quantitative estimate of drug-likeness (QED) is 0.942. The molecule has 1 fully saturated rings. The predicted octanol–water partition coefficient (Wildman–Crippen LogP) is 3.02. The van der Waals surface area contributed by atoms with Crippen LogP contribution in [0.2, 0.25) is 0 Å². The summed E-state index contributed by atoms with van der Waals surface area (Å²) in [7, 11) is 0. The van der Waals surface area contributed by atoms with Crippen LogP contribution < -0.4 is 10.2 Å². The van der Waals surface area contributed by atoms with Gasteiger partial charge in [0.15, 0.2) is 0 Å². The van der Waals surface area contributed by atoms with E-state index in [1.54, 1.807) is 0 Å². The van der Waals surface area contributed by atoms with E-state index in [1.807, 2.05) is 0 Å². The van der Waals surface area contributed by atoms with Crippen LogP contribution in [0.4, 0.5) is 5.69 Å². The second-order valence-electron chi connectivity index (χ2n) is 5.14. The summed E-state index contributed by atoms with van der Waals surface area (Å²) < 4.78 is 0. The molecular formula is C16H22ClN3. The molecule has 1 aromatic carbocycles. The highest BCUT2D eigenvalue weighted by molar-refractivity contribution is 5.92. The van der Waals surface area contributed by atoms with Gasteiger partial charge in [-0.2, -0.15) is 0 Å². The van der Waals surface area contributed by atoms with Crippen molar-refractivity contribution in [1.29, 1.82) is 0 Å². The monoisotopic (exact) mass is 291 g/mol. The molecule has 1 aromatic heterocycles. The maximum atomic E-state index is 4.78. The lowest BCUT2D eigenvalue weighted by molar-refractivity contribution is 0.590. The highest BCUT2D eigenvalue weighted by atomic mass is 35.5. The van der Waals surface area contributed by atoms with Gasteiger partial charge in [-0.25, -0.2) is 0 Å². The molecule has 1 saturated heterocycles. The Kier molecular flexibility index (Phi) is 5.21. The number of hydrogen-bond acceptors (Lipinski definition) is 3. The van der Waals surface area contributed by atoms with Gasteiger partial charge in [0.1, 0.15) is 0 Å². The topological polar surface area (TPSA) is 28.2 Å². The molecule has 0 spiro atoms. The molecule has 0 radical (unpaired) electrons. The molecule has 4 heteroatoms. The van der Waals surface area contributed by atoms with Gasteiger partial charge in [-0.15, -0.1) is 12.4 Å². The van der Waals surface area contributed by atoms with Gasteiger partial charge < -0.3 is 10.2 Å². The average Bonchev–Trinajstić information content (AvgIpc) is 2.48. The van der Waals surface area contributed by atoms with Crippen LogP contribution in [-0.2, 0) is 6.42 Å². The lowest BCUT2D eigenvalue weighted by atomic mass is 10.1. The molecule has 0 saturated carbocycles. The van der Waals surface area contributed by atoms with E-state index in [0.29, 0.717) is 0 Å². The molecule has 20 heavy (non-hydrogen) atoms. The fraction of sp³-hybridized carbons (Fsp3) is 0.438. The molecule has 3 rings (SSSR count). The van der Waals surface area contributed by atoms with Crippen molar-refractivity contribution < 1.29 is 0 Å². The Morgan fingerprint density at radius 1 is 1.20 bits per heavy atom. The predicted molar refractivity (Wildman–Crippen MR) is 88.1 cm³/mol. The van der Waals surface area contributed by atoms with Gasteiger partial charge in [-0.05, 0) is 18.6 Å². The number of rotatable bonds is 3. The zero-order chi connectivity index (χ0) is 13.1. The summed E-state index contributed by atoms with van der Waals surface area (Å²) in [4.78, 5) is 7.26. The minimum atomic E-state index is 0. The highest BCUT2D eigenvalue weighted by Gasteiger charge is 2.14. The zero-order valence-corrected chi connectivity index (χ0v) is 12.7. The van der Waals surface area contributed by atoms with E-state index in [2.05, 4.69) is 47.5 Å². The lowest BCUT2D eigenvalue weighted by Crippen LogP contribution is -2.43. The summed E-state index contributed by atoms with van der Waals surface area (Å²) >= 11 is 0. The van der Waals surface area contributed by atoms with E-state index < -0.39 is 0 Å². The van der Waals surface area contributed by atoms with Gasteiger partial charge in [-0.3, -0.25) is 4.98 Å². The number of fused-ring (bicyclic) bond motifs is 1. The molecular weight excluding hydrogens is 270 g/mol. The molecule has 0 atom stereocenters. The molecule has 2 heterocycles. The molecule has 3 nitrogen and oxygen atoms in total. The van der Waals surface area contributed by atoms with Crippen molar-refractivity contribution >= 4 is 29.0 Å². The van der Waals surface area contributed by atoms with Crippen LogP contribution in [0.15, 0.2) is 30.3 Å². The Morgan fingerprint density at radius 2 is 1.95 bits per heavy atom. The summed E-state index contributed by atoms with van der Waals surface area (Å²) in [6.07, 6.45) is 2.20. The Hall–Kier alpha value is -1.32. The Morgan fingerprint density at radius 3 is 2.70 bits per heavy atom. The molecule has 0 aliphatic carbocycles. The molecule has 108 valence electrons. The smallest absolute Gasteiger partial charge is 0.0726 e. The van der Waals surface area contributed by atoms with Crippen LogP contribution in [-0.4, -0.2) is 31.2 Å². The van der Waals surface area contributed by atoms with E-state index in [-0.39, 0.29) is 12.4 Å². The minimum absolute atomic E-state index is 0. The van der Waals surface area contributed by atoms with Crippen LogP contribution in [0.25, 0.3) is 10.9 Å². The number of hydrogen-bond donors (Lipinski definition) is 1. The van der Waals surface area contributed by atoms with Crippen LogP contribution in [0.1, 0.15) is 19.0 Å². The van der Waals surface area contributed by atoms with Gasteiger partial charge in [0.2, 0.25) is 0 Å². The molecule has 1 aliphatic heterocycles. The first-order chi connectivity index (χ1) is 9.38. The van der Waals surface area contributed by atoms with Crippen molar-refractivity contribution in [3.05, 3.63) is 36.0 Å². The van der Waals surface area contributed by atoms with Gasteiger partial charge in [0.25, 0.3) is 0 Å². The molecule has 2 aromatic rings. The van der Waals surface area contributed by atoms with E-state index in [4.69, 9.17) is 4.98 Å². The molecule has 0 unspecified atom stereocenters. The first-order valence-electron chi connectivity index (χ1n) is 7.23. The number of aryl methyl sites for hydroxylation is 1. The van der Waals surface area contributed by atoms with E-state index >= 15 is 0 Å². The van der Waals surface area contributed by atoms with Crippen LogP contribution in [0.3, 0.4) is 0 Å². The van der Waals surface area contributed by atoms with Crippen molar-refractivity contribution in [2.75, 3.05) is 31.1 Å². The number of anilines is 1. The molecule has 0 bridgehead atoms. The lowest BCUT2D eigenvalue weighted by Gasteiger charge is -2.30. The summed E-state index contributed by atoms with van der Waals surface area (Å²) in [5.41, 5.74) is 3.70. The summed E-state index contributed by atoms with van der Waals surface area (Å²) in [5.74, 6) is 0. The van der Waals surface area contributed by atoms with Gasteiger partial charge >= 0.3 is 0 Å². The van der Waals surface area contributed by atoms with Crippen molar-refractivity contribution in [3.8, 4) is 0 Å². The number of nitrogens with zero attached hydrogens (tertiary/aromatic N) is 2. The molecule has 0 amide bonds. The van der Waals surface area contributed by atoms with Crippen molar-refractivity contribution in [3.63, 3.8) is 0 Å². The van der Waals surface area contributed by atoms with Crippen molar-refractivity contribution in [1.82, 2.24) is 10.3 Å². The van der Waals surface area contributed by atoms with Crippen LogP contribution in [0.5, 0.6) is 0 Å². The minimum Gasteiger partial charge on any atom is -0.368 e. The maximum absolute atomic E-state index is 4.78. The van der Waals surface area contributed by atoms with E-state index in [1.165, 1.54) is 16.8 Å². The van der Waals surface area contributed by atoms with E-state index in [9.17, 15) is 0 Å². The zero-order valence-electron chi connectivity index (χ0n) is 11.9. The number of pyridine rings is 1.